The van der Waals surface area contributed by atoms with Gasteiger partial charge in [0, 0.05) is 12.5 Å². The van der Waals surface area contributed by atoms with Crippen molar-refractivity contribution in [2.75, 3.05) is 11.9 Å². The van der Waals surface area contributed by atoms with Gasteiger partial charge in [0.1, 0.15) is 11.0 Å². The summed E-state index contributed by atoms with van der Waals surface area (Å²) in [5.41, 5.74) is 0.987. The summed E-state index contributed by atoms with van der Waals surface area (Å²) in [7, 11) is -3.74. The number of hydrogen-bond acceptors (Lipinski definition) is 6. The number of nitrogens with zero attached hydrogens (tertiary/aromatic N) is 3. The molecule has 0 bridgehead atoms. The standard InChI is InChI=1S/C20H28N4O3S2/c1-4-15(5-2)19-22-23-20(28-19)21-18(25)17-8-6-7-13-24(17)29(26,27)16-11-9-14(3)10-12-16/h9-12,15,17H,4-8,13H2,1-3H3,(H,21,23,25)/t17-/m1/s1. The Bertz CT molecular complexity index is 937. The number of benzene rings is 1. The second-order valence-electron chi connectivity index (χ2n) is 7.39. The molecule has 1 aliphatic heterocycles. The van der Waals surface area contributed by atoms with Gasteiger partial charge in [-0.15, -0.1) is 10.2 Å². The first-order valence-electron chi connectivity index (χ1n) is 10.1. The molecule has 2 aromatic rings. The lowest BCUT2D eigenvalue weighted by molar-refractivity contribution is -0.120. The summed E-state index contributed by atoms with van der Waals surface area (Å²) in [5.74, 6) is -0.0149. The van der Waals surface area contributed by atoms with E-state index in [1.807, 2.05) is 6.92 Å². The summed E-state index contributed by atoms with van der Waals surface area (Å²) in [6.45, 7) is 6.45. The van der Waals surface area contributed by atoms with E-state index < -0.39 is 16.1 Å². The average molecular weight is 437 g/mol. The highest BCUT2D eigenvalue weighted by Crippen LogP contribution is 2.30. The number of carbonyl (C=O) groups excluding carboxylic acids is 1. The second kappa shape index (κ2) is 9.32. The van der Waals surface area contributed by atoms with Crippen LogP contribution in [0.25, 0.3) is 0 Å². The molecule has 1 atom stereocenters. The van der Waals surface area contributed by atoms with Gasteiger partial charge in [0.15, 0.2) is 0 Å². The number of rotatable bonds is 7. The van der Waals surface area contributed by atoms with Crippen molar-refractivity contribution < 1.29 is 13.2 Å². The topological polar surface area (TPSA) is 92.3 Å². The van der Waals surface area contributed by atoms with Crippen molar-refractivity contribution in [2.24, 2.45) is 0 Å². The molecule has 7 nitrogen and oxygen atoms in total. The minimum absolute atomic E-state index is 0.217. The molecule has 0 radical (unpaired) electrons. The third kappa shape index (κ3) is 4.84. The number of anilines is 1. The van der Waals surface area contributed by atoms with E-state index in [2.05, 4.69) is 29.4 Å². The molecule has 0 unspecified atom stereocenters. The minimum atomic E-state index is -3.74. The van der Waals surface area contributed by atoms with E-state index in [4.69, 9.17) is 0 Å². The van der Waals surface area contributed by atoms with Crippen molar-refractivity contribution in [1.29, 1.82) is 0 Å². The summed E-state index contributed by atoms with van der Waals surface area (Å²) in [5, 5.41) is 12.4. The van der Waals surface area contributed by atoms with E-state index in [-0.39, 0.29) is 10.8 Å². The van der Waals surface area contributed by atoms with Gasteiger partial charge in [-0.1, -0.05) is 49.3 Å². The van der Waals surface area contributed by atoms with Crippen LogP contribution in [0.4, 0.5) is 5.13 Å². The van der Waals surface area contributed by atoms with Crippen LogP contribution in [0.15, 0.2) is 29.2 Å². The SMILES string of the molecule is CCC(CC)c1nnc(NC(=O)[C@H]2CCCCN2S(=O)(=O)c2ccc(C)cc2)s1. The summed E-state index contributed by atoms with van der Waals surface area (Å²) in [4.78, 5) is 13.2. The normalized spacial score (nSPS) is 18.1. The predicted octanol–water partition coefficient (Wildman–Crippen LogP) is 3.93. The Morgan fingerprint density at radius 3 is 2.55 bits per heavy atom. The van der Waals surface area contributed by atoms with E-state index >= 15 is 0 Å². The number of carbonyl (C=O) groups is 1. The molecule has 1 saturated heterocycles. The van der Waals surface area contributed by atoms with Crippen LogP contribution >= 0.6 is 11.3 Å². The van der Waals surface area contributed by atoms with E-state index in [0.29, 0.717) is 24.0 Å². The van der Waals surface area contributed by atoms with Gasteiger partial charge in [0.25, 0.3) is 0 Å². The van der Waals surface area contributed by atoms with Gasteiger partial charge in [0.2, 0.25) is 21.1 Å². The second-order valence-corrected chi connectivity index (χ2v) is 10.3. The van der Waals surface area contributed by atoms with Crippen molar-refractivity contribution in [3.8, 4) is 0 Å². The van der Waals surface area contributed by atoms with Crippen LogP contribution in [0, 0.1) is 6.92 Å². The van der Waals surface area contributed by atoms with Crippen molar-refractivity contribution in [3.63, 3.8) is 0 Å². The van der Waals surface area contributed by atoms with Gasteiger partial charge < -0.3 is 0 Å². The molecular formula is C20H28N4O3S2. The van der Waals surface area contributed by atoms with Crippen molar-refractivity contribution in [2.45, 2.75) is 69.7 Å². The lowest BCUT2D eigenvalue weighted by Crippen LogP contribution is -2.49. The highest BCUT2D eigenvalue weighted by Gasteiger charge is 2.38. The van der Waals surface area contributed by atoms with Gasteiger partial charge in [-0.25, -0.2) is 8.42 Å². The molecule has 1 aromatic carbocycles. The van der Waals surface area contributed by atoms with Gasteiger partial charge in [0.05, 0.1) is 4.90 Å². The van der Waals surface area contributed by atoms with Crippen molar-refractivity contribution in [1.82, 2.24) is 14.5 Å². The van der Waals surface area contributed by atoms with Gasteiger partial charge in [-0.05, 0) is 44.7 Å². The van der Waals surface area contributed by atoms with Gasteiger partial charge in [-0.2, -0.15) is 4.31 Å². The van der Waals surface area contributed by atoms with Crippen LogP contribution in [-0.4, -0.2) is 41.4 Å². The maximum Gasteiger partial charge on any atom is 0.244 e. The maximum absolute atomic E-state index is 13.2. The van der Waals surface area contributed by atoms with Crippen LogP contribution < -0.4 is 5.32 Å². The Morgan fingerprint density at radius 1 is 1.21 bits per heavy atom. The number of piperidine rings is 1. The Kier molecular flexibility index (Phi) is 7.02. The number of amides is 1. The molecule has 1 fully saturated rings. The highest BCUT2D eigenvalue weighted by atomic mass is 32.2. The minimum Gasteiger partial charge on any atom is -0.299 e. The largest absolute Gasteiger partial charge is 0.299 e. The average Bonchev–Trinajstić information content (AvgIpc) is 3.17. The van der Waals surface area contributed by atoms with E-state index in [1.54, 1.807) is 24.3 Å². The smallest absolute Gasteiger partial charge is 0.244 e. The molecule has 3 rings (SSSR count). The van der Waals surface area contributed by atoms with Gasteiger partial charge >= 0.3 is 0 Å². The zero-order chi connectivity index (χ0) is 21.0. The Labute approximate surface area is 176 Å². The first kappa shape index (κ1) is 21.9. The fourth-order valence-electron chi connectivity index (χ4n) is 3.58. The third-order valence-electron chi connectivity index (χ3n) is 5.39. The Morgan fingerprint density at radius 2 is 1.90 bits per heavy atom. The van der Waals surface area contributed by atoms with Crippen LogP contribution in [0.1, 0.15) is 62.4 Å². The number of aromatic nitrogens is 2. The molecule has 0 aliphatic carbocycles. The molecule has 158 valence electrons. The predicted molar refractivity (Wildman–Crippen MR) is 115 cm³/mol. The first-order valence-corrected chi connectivity index (χ1v) is 12.3. The summed E-state index contributed by atoms with van der Waals surface area (Å²) in [6, 6.07) is 6.00. The number of nitrogens with one attached hydrogen (secondary N) is 1. The molecule has 0 saturated carbocycles. The molecule has 1 aliphatic rings. The van der Waals surface area contributed by atoms with Crippen LogP contribution in [-0.2, 0) is 14.8 Å². The van der Waals surface area contributed by atoms with Crippen LogP contribution in [0.2, 0.25) is 0 Å². The lowest BCUT2D eigenvalue weighted by Gasteiger charge is -2.33. The molecule has 0 spiro atoms. The van der Waals surface area contributed by atoms with Gasteiger partial charge in [-0.3, -0.25) is 10.1 Å². The maximum atomic E-state index is 13.2. The fourth-order valence-corrected chi connectivity index (χ4v) is 6.25. The molecule has 9 heteroatoms. The van der Waals surface area contributed by atoms with Crippen LogP contribution in [0.3, 0.4) is 0 Å². The van der Waals surface area contributed by atoms with Crippen molar-refractivity contribution in [3.05, 3.63) is 34.8 Å². The molecule has 29 heavy (non-hydrogen) atoms. The molecule has 1 N–H and O–H groups in total. The number of sulfonamides is 1. The van der Waals surface area contributed by atoms with Crippen LogP contribution in [0.5, 0.6) is 0 Å². The van der Waals surface area contributed by atoms with E-state index in [0.717, 1.165) is 36.3 Å². The quantitative estimate of drug-likeness (QED) is 0.710. The lowest BCUT2D eigenvalue weighted by atomic mass is 10.0. The Hall–Kier alpha value is -1.84. The van der Waals surface area contributed by atoms with Crippen molar-refractivity contribution >= 4 is 32.4 Å². The third-order valence-corrected chi connectivity index (χ3v) is 8.31. The highest BCUT2D eigenvalue weighted by molar-refractivity contribution is 7.89. The monoisotopic (exact) mass is 436 g/mol. The molecule has 2 heterocycles. The number of aryl methyl sites for hydroxylation is 1. The summed E-state index contributed by atoms with van der Waals surface area (Å²) >= 11 is 1.37. The zero-order valence-electron chi connectivity index (χ0n) is 17.1. The summed E-state index contributed by atoms with van der Waals surface area (Å²) < 4.78 is 27.6. The number of hydrogen-bond donors (Lipinski definition) is 1. The van der Waals surface area contributed by atoms with E-state index in [1.165, 1.54) is 15.6 Å². The first-order chi connectivity index (χ1) is 13.9. The zero-order valence-corrected chi connectivity index (χ0v) is 18.7. The Balaban J connectivity index is 1.79. The van der Waals surface area contributed by atoms with E-state index in [9.17, 15) is 13.2 Å². The summed E-state index contributed by atoms with van der Waals surface area (Å²) in [6.07, 6.45) is 3.98. The fraction of sp³-hybridized carbons (Fsp3) is 0.550. The molecular weight excluding hydrogens is 408 g/mol. The molecule has 1 amide bonds. The molecule has 1 aromatic heterocycles.